The Bertz CT molecular complexity index is 705. The van der Waals surface area contributed by atoms with E-state index in [-0.39, 0.29) is 24.5 Å². The summed E-state index contributed by atoms with van der Waals surface area (Å²) in [6.45, 7) is 3.33. The van der Waals surface area contributed by atoms with Crippen LogP contribution in [0.1, 0.15) is 23.3 Å². The summed E-state index contributed by atoms with van der Waals surface area (Å²) in [6, 6.07) is 10.2. The highest BCUT2D eigenvalue weighted by atomic mass is 16.5. The van der Waals surface area contributed by atoms with Crippen LogP contribution in [0, 0.1) is 5.92 Å². The second-order valence-corrected chi connectivity index (χ2v) is 7.09. The lowest BCUT2D eigenvalue weighted by molar-refractivity contribution is 0.0398. The zero-order valence-electron chi connectivity index (χ0n) is 14.3. The first-order valence-corrected chi connectivity index (χ1v) is 9.06. The average Bonchev–Trinajstić information content (AvgIpc) is 3.26. The Hall–Kier alpha value is -1.89. The van der Waals surface area contributed by atoms with Crippen LogP contribution in [0.5, 0.6) is 0 Å². The number of aliphatic hydroxyl groups is 1. The van der Waals surface area contributed by atoms with Gasteiger partial charge in [0.15, 0.2) is 0 Å². The second-order valence-electron chi connectivity index (χ2n) is 7.09. The van der Waals surface area contributed by atoms with Crippen LogP contribution in [0.4, 0.5) is 0 Å². The average molecular weight is 343 g/mol. The number of hydrogen-bond donors (Lipinski definition) is 3. The molecule has 0 bridgehead atoms. The molecule has 2 aliphatic rings. The van der Waals surface area contributed by atoms with Crippen molar-refractivity contribution in [3.8, 4) is 0 Å². The molecule has 6 heteroatoms. The number of aromatic amines is 1. The number of amides is 1. The molecule has 2 aromatic rings. The van der Waals surface area contributed by atoms with Gasteiger partial charge in [-0.25, -0.2) is 0 Å². The number of aromatic nitrogens is 1. The van der Waals surface area contributed by atoms with Crippen molar-refractivity contribution in [3.05, 3.63) is 36.0 Å². The van der Waals surface area contributed by atoms with E-state index in [0.29, 0.717) is 11.7 Å². The number of hydrogen-bond acceptors (Lipinski definition) is 4. The molecule has 1 aromatic carbocycles. The smallest absolute Gasteiger partial charge is 0.268 e. The molecule has 6 nitrogen and oxygen atoms in total. The topological polar surface area (TPSA) is 77.6 Å². The molecule has 2 saturated heterocycles. The first kappa shape index (κ1) is 16.6. The molecule has 0 radical (unpaired) electrons. The van der Waals surface area contributed by atoms with E-state index in [2.05, 4.69) is 15.2 Å². The minimum atomic E-state index is -0.103. The third-order valence-corrected chi connectivity index (χ3v) is 5.50. The van der Waals surface area contributed by atoms with Crippen molar-refractivity contribution >= 4 is 16.8 Å². The van der Waals surface area contributed by atoms with E-state index < -0.39 is 0 Å². The second kappa shape index (κ2) is 7.15. The number of benzene rings is 1. The maximum atomic E-state index is 12.7. The van der Waals surface area contributed by atoms with Crippen molar-refractivity contribution in [1.82, 2.24) is 15.2 Å². The molecule has 2 fully saturated rings. The van der Waals surface area contributed by atoms with Crippen LogP contribution in [0.3, 0.4) is 0 Å². The number of ether oxygens (including phenoxy) is 1. The van der Waals surface area contributed by atoms with Gasteiger partial charge in [-0.2, -0.15) is 0 Å². The summed E-state index contributed by atoms with van der Waals surface area (Å²) in [6.07, 6.45) is 2.06. The summed E-state index contributed by atoms with van der Waals surface area (Å²) in [5.41, 5.74) is 1.53. The van der Waals surface area contributed by atoms with E-state index in [1.165, 1.54) is 0 Å². The minimum absolute atomic E-state index is 0.0215. The number of aliphatic hydroxyl groups excluding tert-OH is 1. The van der Waals surface area contributed by atoms with E-state index in [1.807, 2.05) is 30.3 Å². The van der Waals surface area contributed by atoms with E-state index in [0.717, 1.165) is 50.0 Å². The Kier molecular flexibility index (Phi) is 4.74. The Morgan fingerprint density at radius 2 is 2.08 bits per heavy atom. The zero-order valence-corrected chi connectivity index (χ0v) is 14.3. The van der Waals surface area contributed by atoms with Crippen molar-refractivity contribution in [1.29, 1.82) is 0 Å². The molecular weight excluding hydrogens is 318 g/mol. The third-order valence-electron chi connectivity index (χ3n) is 5.50. The maximum Gasteiger partial charge on any atom is 0.268 e. The predicted octanol–water partition coefficient (Wildman–Crippen LogP) is 1.37. The highest BCUT2D eigenvalue weighted by Crippen LogP contribution is 2.24. The van der Waals surface area contributed by atoms with Gasteiger partial charge >= 0.3 is 0 Å². The molecule has 0 saturated carbocycles. The van der Waals surface area contributed by atoms with Gasteiger partial charge < -0.3 is 20.1 Å². The van der Waals surface area contributed by atoms with Crippen LogP contribution < -0.4 is 5.32 Å². The standard InChI is InChI=1S/C19H25N3O3/c23-12-14-10-22(15-5-7-25-8-6-15)11-18(14)21-19(24)17-9-13-3-1-2-4-16(13)20-17/h1-4,9,14-15,18,20,23H,5-8,10-12H2,(H,21,24)/t14-,18+/m0/s1. The molecule has 2 atom stereocenters. The SMILES string of the molecule is O=C(N[C@@H]1CN(C2CCOCC2)C[C@H]1CO)c1cc2ccccc2[nH]1. The molecule has 25 heavy (non-hydrogen) atoms. The van der Waals surface area contributed by atoms with E-state index in [1.54, 1.807) is 0 Å². The van der Waals surface area contributed by atoms with Crippen LogP contribution in [0.15, 0.2) is 30.3 Å². The normalized spacial score (nSPS) is 25.5. The highest BCUT2D eigenvalue weighted by molar-refractivity contribution is 5.98. The highest BCUT2D eigenvalue weighted by Gasteiger charge is 2.37. The van der Waals surface area contributed by atoms with Gasteiger partial charge in [-0.05, 0) is 25.0 Å². The molecule has 0 aliphatic carbocycles. The van der Waals surface area contributed by atoms with Crippen LogP contribution in [-0.2, 0) is 4.74 Å². The zero-order chi connectivity index (χ0) is 17.2. The summed E-state index contributed by atoms with van der Waals surface area (Å²) >= 11 is 0. The van der Waals surface area contributed by atoms with Gasteiger partial charge in [0.05, 0.1) is 0 Å². The predicted molar refractivity (Wildman–Crippen MR) is 95.5 cm³/mol. The fourth-order valence-corrected chi connectivity index (χ4v) is 4.04. The van der Waals surface area contributed by atoms with Crippen molar-refractivity contribution in [2.24, 2.45) is 5.92 Å². The maximum absolute atomic E-state index is 12.7. The monoisotopic (exact) mass is 343 g/mol. The number of nitrogens with zero attached hydrogens (tertiary/aromatic N) is 1. The van der Waals surface area contributed by atoms with E-state index in [9.17, 15) is 9.90 Å². The minimum Gasteiger partial charge on any atom is -0.396 e. The Labute approximate surface area is 147 Å². The van der Waals surface area contributed by atoms with Gasteiger partial charge in [0.1, 0.15) is 5.69 Å². The number of likely N-dealkylation sites (tertiary alicyclic amines) is 1. The molecule has 2 aliphatic heterocycles. The summed E-state index contributed by atoms with van der Waals surface area (Å²) < 4.78 is 5.44. The Balaban J connectivity index is 1.44. The molecule has 0 unspecified atom stereocenters. The molecular formula is C19H25N3O3. The largest absolute Gasteiger partial charge is 0.396 e. The first-order chi connectivity index (χ1) is 12.2. The summed E-state index contributed by atoms with van der Waals surface area (Å²) in [4.78, 5) is 18.2. The van der Waals surface area contributed by atoms with Crippen LogP contribution in [0.2, 0.25) is 0 Å². The van der Waals surface area contributed by atoms with Crippen LogP contribution >= 0.6 is 0 Å². The summed E-state index contributed by atoms with van der Waals surface area (Å²) in [7, 11) is 0. The Morgan fingerprint density at radius 1 is 1.28 bits per heavy atom. The van der Waals surface area contributed by atoms with Gasteiger partial charge in [0.2, 0.25) is 0 Å². The molecule has 134 valence electrons. The molecule has 0 spiro atoms. The lowest BCUT2D eigenvalue weighted by atomic mass is 10.1. The first-order valence-electron chi connectivity index (χ1n) is 9.06. The number of H-pyrrole nitrogens is 1. The van der Waals surface area contributed by atoms with Gasteiger partial charge in [-0.3, -0.25) is 9.69 Å². The number of nitrogens with one attached hydrogen (secondary N) is 2. The van der Waals surface area contributed by atoms with Gasteiger partial charge in [0, 0.05) is 61.8 Å². The van der Waals surface area contributed by atoms with Crippen molar-refractivity contribution < 1.29 is 14.6 Å². The lowest BCUT2D eigenvalue weighted by Gasteiger charge is -2.31. The molecule has 3 N–H and O–H groups in total. The van der Waals surface area contributed by atoms with Gasteiger partial charge in [0.25, 0.3) is 5.91 Å². The molecule has 1 amide bonds. The molecule has 4 rings (SSSR count). The number of carbonyl (C=O) groups is 1. The fourth-order valence-electron chi connectivity index (χ4n) is 4.04. The fraction of sp³-hybridized carbons (Fsp3) is 0.526. The van der Waals surface area contributed by atoms with Crippen molar-refractivity contribution in [2.75, 3.05) is 32.9 Å². The number of carbonyl (C=O) groups excluding carboxylic acids is 1. The quantitative estimate of drug-likeness (QED) is 0.784. The van der Waals surface area contributed by atoms with Crippen molar-refractivity contribution in [3.63, 3.8) is 0 Å². The molecule has 1 aromatic heterocycles. The van der Waals surface area contributed by atoms with Crippen molar-refractivity contribution in [2.45, 2.75) is 24.9 Å². The summed E-state index contributed by atoms with van der Waals surface area (Å²) in [5.74, 6) is -0.0235. The van der Waals surface area contributed by atoms with Crippen LogP contribution in [-0.4, -0.2) is 65.9 Å². The van der Waals surface area contributed by atoms with E-state index in [4.69, 9.17) is 4.74 Å². The molecule has 3 heterocycles. The van der Waals surface area contributed by atoms with E-state index >= 15 is 0 Å². The van der Waals surface area contributed by atoms with Gasteiger partial charge in [-0.1, -0.05) is 18.2 Å². The van der Waals surface area contributed by atoms with Crippen LogP contribution in [0.25, 0.3) is 10.9 Å². The number of rotatable bonds is 4. The Morgan fingerprint density at radius 3 is 2.84 bits per heavy atom. The number of para-hydroxylation sites is 1. The van der Waals surface area contributed by atoms with Gasteiger partial charge in [-0.15, -0.1) is 0 Å². The lowest BCUT2D eigenvalue weighted by Crippen LogP contribution is -2.43. The summed E-state index contributed by atoms with van der Waals surface area (Å²) in [5, 5.41) is 13.9. The number of fused-ring (bicyclic) bond motifs is 1. The third kappa shape index (κ3) is 3.42.